The molecule has 0 amide bonds. The second kappa shape index (κ2) is 8.22. The Bertz CT molecular complexity index is 1250. The zero-order chi connectivity index (χ0) is 23.3. The van der Waals surface area contributed by atoms with E-state index in [9.17, 15) is 13.2 Å². The molecule has 0 unspecified atom stereocenters. The van der Waals surface area contributed by atoms with Crippen LogP contribution in [0.3, 0.4) is 0 Å². The van der Waals surface area contributed by atoms with Crippen molar-refractivity contribution < 1.29 is 22.3 Å². The summed E-state index contributed by atoms with van der Waals surface area (Å²) in [5.74, 6) is -1.58. The number of fused-ring (bicyclic) bond motifs is 1. The summed E-state index contributed by atoms with van der Waals surface area (Å²) in [6.45, 7) is 2.49. The topological polar surface area (TPSA) is 70.2 Å². The fourth-order valence-corrected chi connectivity index (χ4v) is 6.05. The summed E-state index contributed by atoms with van der Waals surface area (Å²) < 4.78 is 46.0. The van der Waals surface area contributed by atoms with Gasteiger partial charge < -0.3 is 19.4 Å². The van der Waals surface area contributed by atoms with Gasteiger partial charge in [-0.25, -0.2) is 17.6 Å². The van der Waals surface area contributed by atoms with E-state index in [1.54, 1.807) is 11.0 Å². The van der Waals surface area contributed by atoms with Crippen LogP contribution in [0.15, 0.2) is 52.4 Å². The molecule has 0 spiro atoms. The number of benzene rings is 2. The molecule has 7 nitrogen and oxygen atoms in total. The predicted octanol–water partition coefficient (Wildman–Crippen LogP) is 3.58. The lowest BCUT2D eigenvalue weighted by atomic mass is 10.2. The molecule has 174 valence electrons. The zero-order valence-corrected chi connectivity index (χ0v) is 19.6. The number of piperazine rings is 1. The van der Waals surface area contributed by atoms with Crippen LogP contribution in [0, 0.1) is 5.82 Å². The van der Waals surface area contributed by atoms with Crippen LogP contribution in [0.2, 0.25) is 5.02 Å². The molecular weight excluding hydrogens is 469 g/mol. The molecule has 5 rings (SSSR count). The van der Waals surface area contributed by atoms with E-state index in [1.807, 2.05) is 29.2 Å². The van der Waals surface area contributed by atoms with E-state index in [0.717, 1.165) is 31.7 Å². The number of carbonyl (C=O) groups is 1. The molecular formula is C23H23ClFN3O4S. The van der Waals surface area contributed by atoms with Gasteiger partial charge in [-0.2, -0.15) is 0 Å². The maximum Gasteiger partial charge on any atom is 0.351 e. The Morgan fingerprint density at radius 3 is 2.39 bits per heavy atom. The van der Waals surface area contributed by atoms with Crippen molar-refractivity contribution in [3.63, 3.8) is 0 Å². The number of hydrogen-bond donors (Lipinski definition) is 0. The van der Waals surface area contributed by atoms with Crippen molar-refractivity contribution >= 4 is 44.5 Å². The van der Waals surface area contributed by atoms with Gasteiger partial charge >= 0.3 is 5.97 Å². The Balaban J connectivity index is 1.46. The van der Waals surface area contributed by atoms with Crippen LogP contribution in [-0.2, 0) is 19.4 Å². The monoisotopic (exact) mass is 491 g/mol. The Morgan fingerprint density at radius 1 is 1.06 bits per heavy atom. The SMILES string of the molecule is COC(=O)C1=CN(C2CC2)c2cc(N3CCN(c4cccc(Cl)c4)CC3)c(F)cc2S1(=O)=O. The number of nitrogens with zero attached hydrogens (tertiary/aromatic N) is 3. The first-order valence-electron chi connectivity index (χ1n) is 10.7. The second-order valence-corrected chi connectivity index (χ2v) is 10.7. The minimum atomic E-state index is -4.19. The molecule has 2 fully saturated rings. The van der Waals surface area contributed by atoms with Gasteiger partial charge in [-0.05, 0) is 43.2 Å². The highest BCUT2D eigenvalue weighted by Gasteiger charge is 2.41. The maximum atomic E-state index is 15.2. The van der Waals surface area contributed by atoms with Crippen molar-refractivity contribution in [2.24, 2.45) is 0 Å². The lowest BCUT2D eigenvalue weighted by Crippen LogP contribution is -2.47. The van der Waals surface area contributed by atoms with Crippen molar-refractivity contribution in [2.75, 3.05) is 48.0 Å². The summed E-state index contributed by atoms with van der Waals surface area (Å²) in [6, 6.07) is 10.3. The molecule has 0 radical (unpaired) electrons. The van der Waals surface area contributed by atoms with Gasteiger partial charge in [-0.3, -0.25) is 0 Å². The molecule has 2 aromatic rings. The standard InChI is InChI=1S/C23H23ClFN3O4S/c1-32-23(29)22-14-28(16-5-6-16)20-13-19(18(25)12-21(20)33(22,30)31)27-9-7-26(8-10-27)17-4-2-3-15(24)11-17/h2-4,11-14,16H,5-10H2,1H3. The number of carbonyl (C=O) groups excluding carboxylic acids is 1. The summed E-state index contributed by atoms with van der Waals surface area (Å²) in [6.07, 6.45) is 3.07. The highest BCUT2D eigenvalue weighted by atomic mass is 35.5. The van der Waals surface area contributed by atoms with Crippen LogP contribution in [0.1, 0.15) is 12.8 Å². The van der Waals surface area contributed by atoms with Crippen molar-refractivity contribution in [3.8, 4) is 0 Å². The number of methoxy groups -OCH3 is 1. The number of sulfone groups is 1. The third kappa shape index (κ3) is 3.93. The van der Waals surface area contributed by atoms with Crippen molar-refractivity contribution in [2.45, 2.75) is 23.8 Å². The minimum absolute atomic E-state index is 0.0805. The van der Waals surface area contributed by atoms with Gasteiger partial charge in [-0.15, -0.1) is 0 Å². The highest BCUT2D eigenvalue weighted by molar-refractivity contribution is 7.96. The van der Waals surface area contributed by atoms with Gasteiger partial charge in [0.2, 0.25) is 9.84 Å². The van der Waals surface area contributed by atoms with Crippen molar-refractivity contribution in [3.05, 3.63) is 58.3 Å². The second-order valence-electron chi connectivity index (χ2n) is 8.35. The molecule has 3 aliphatic rings. The summed E-state index contributed by atoms with van der Waals surface area (Å²) in [4.78, 5) is 17.4. The van der Waals surface area contributed by atoms with E-state index in [1.165, 1.54) is 6.20 Å². The number of anilines is 3. The van der Waals surface area contributed by atoms with Crippen LogP contribution in [0.4, 0.5) is 21.5 Å². The summed E-state index contributed by atoms with van der Waals surface area (Å²) in [7, 11) is -3.06. The first kappa shape index (κ1) is 22.0. The van der Waals surface area contributed by atoms with Gasteiger partial charge in [0.1, 0.15) is 5.82 Å². The number of hydrogen-bond acceptors (Lipinski definition) is 7. The Hall–Kier alpha value is -2.78. The Labute approximate surface area is 196 Å². The zero-order valence-electron chi connectivity index (χ0n) is 18.0. The molecule has 2 aliphatic heterocycles. The Morgan fingerprint density at radius 2 is 1.76 bits per heavy atom. The van der Waals surface area contributed by atoms with Crippen LogP contribution in [-0.4, -0.2) is 53.7 Å². The fraction of sp³-hybridized carbons (Fsp3) is 0.348. The molecule has 10 heteroatoms. The average molecular weight is 492 g/mol. The van der Waals surface area contributed by atoms with Crippen LogP contribution in [0.25, 0.3) is 0 Å². The van der Waals surface area contributed by atoms with Crippen LogP contribution < -0.4 is 14.7 Å². The lowest BCUT2D eigenvalue weighted by molar-refractivity contribution is -0.135. The quantitative estimate of drug-likeness (QED) is 0.605. The molecule has 1 saturated carbocycles. The van der Waals surface area contributed by atoms with E-state index < -0.39 is 26.5 Å². The van der Waals surface area contributed by atoms with Gasteiger partial charge in [0.15, 0.2) is 4.91 Å². The average Bonchev–Trinajstić information content (AvgIpc) is 3.64. The normalized spacial score (nSPS) is 19.7. The maximum absolute atomic E-state index is 15.2. The summed E-state index contributed by atoms with van der Waals surface area (Å²) in [5.41, 5.74) is 1.77. The molecule has 2 aromatic carbocycles. The number of halogens is 2. The highest BCUT2D eigenvalue weighted by Crippen LogP contribution is 2.44. The smallest absolute Gasteiger partial charge is 0.351 e. The number of esters is 1. The van der Waals surface area contributed by atoms with E-state index in [-0.39, 0.29) is 10.9 Å². The lowest BCUT2D eigenvalue weighted by Gasteiger charge is -2.38. The van der Waals surface area contributed by atoms with E-state index in [0.29, 0.717) is 42.6 Å². The molecule has 0 atom stereocenters. The molecule has 0 bridgehead atoms. The van der Waals surface area contributed by atoms with Gasteiger partial charge in [-0.1, -0.05) is 17.7 Å². The Kier molecular flexibility index (Phi) is 5.49. The fourth-order valence-electron chi connectivity index (χ4n) is 4.37. The third-order valence-corrected chi connectivity index (χ3v) is 8.25. The summed E-state index contributed by atoms with van der Waals surface area (Å²) in [5, 5.41) is 0.663. The van der Waals surface area contributed by atoms with Crippen molar-refractivity contribution in [1.29, 1.82) is 0 Å². The minimum Gasteiger partial charge on any atom is -0.465 e. The largest absolute Gasteiger partial charge is 0.465 e. The predicted molar refractivity (Wildman–Crippen MR) is 125 cm³/mol. The van der Waals surface area contributed by atoms with Crippen molar-refractivity contribution in [1.82, 2.24) is 0 Å². The van der Waals surface area contributed by atoms with Gasteiger partial charge in [0, 0.05) is 49.1 Å². The molecule has 0 aromatic heterocycles. The third-order valence-electron chi connectivity index (χ3n) is 6.26. The molecule has 1 saturated heterocycles. The van der Waals surface area contributed by atoms with E-state index >= 15 is 4.39 Å². The van der Waals surface area contributed by atoms with Crippen LogP contribution >= 0.6 is 11.6 Å². The number of rotatable bonds is 4. The van der Waals surface area contributed by atoms with Gasteiger partial charge in [0.25, 0.3) is 0 Å². The molecule has 33 heavy (non-hydrogen) atoms. The first-order chi connectivity index (χ1) is 15.8. The van der Waals surface area contributed by atoms with Crippen LogP contribution in [0.5, 0.6) is 0 Å². The number of ether oxygens (including phenoxy) is 1. The molecule has 1 aliphatic carbocycles. The summed E-state index contributed by atoms with van der Waals surface area (Å²) >= 11 is 6.11. The molecule has 0 N–H and O–H groups in total. The van der Waals surface area contributed by atoms with E-state index in [2.05, 4.69) is 9.64 Å². The van der Waals surface area contributed by atoms with Gasteiger partial charge in [0.05, 0.1) is 23.4 Å². The molecule has 2 heterocycles. The first-order valence-corrected chi connectivity index (χ1v) is 12.6. The van der Waals surface area contributed by atoms with E-state index in [4.69, 9.17) is 11.6 Å².